The minimum atomic E-state index is -3.40. The van der Waals surface area contributed by atoms with Gasteiger partial charge in [0, 0.05) is 22.6 Å². The van der Waals surface area contributed by atoms with Crippen molar-refractivity contribution in [3.63, 3.8) is 0 Å². The third-order valence-electron chi connectivity index (χ3n) is 3.14. The van der Waals surface area contributed by atoms with Gasteiger partial charge in [-0.3, -0.25) is 0 Å². The molecule has 0 aliphatic carbocycles. The maximum absolute atomic E-state index is 12.3. The van der Waals surface area contributed by atoms with E-state index in [2.05, 4.69) is 22.6 Å². The van der Waals surface area contributed by atoms with Gasteiger partial charge in [0.2, 0.25) is 10.0 Å². The number of benzene rings is 1. The van der Waals surface area contributed by atoms with Crippen molar-refractivity contribution in [2.75, 3.05) is 13.1 Å². The lowest BCUT2D eigenvalue weighted by Gasteiger charge is -2.28. The summed E-state index contributed by atoms with van der Waals surface area (Å²) in [4.78, 5) is 11.0. The summed E-state index contributed by atoms with van der Waals surface area (Å²) in [6.45, 7) is 0.857. The second kappa shape index (κ2) is 5.66. The Balaban J connectivity index is 2.17. The molecule has 1 heterocycles. The van der Waals surface area contributed by atoms with Gasteiger partial charge in [-0.05, 0) is 59.7 Å². The molecular formula is C12H14INO3S. The zero-order valence-corrected chi connectivity index (χ0v) is 12.7. The Hall–Kier alpha value is -0.470. The lowest BCUT2D eigenvalue weighted by Crippen LogP contribution is -2.38. The first-order chi connectivity index (χ1) is 8.54. The standard InChI is InChI=1S/C12H14INO3S/c13-11-1-3-12(4-2-11)18(16,17)14-7-5-10(9-15)6-8-14/h1-4,9-10H,5-8H2. The van der Waals surface area contributed by atoms with Crippen molar-refractivity contribution in [3.05, 3.63) is 27.8 Å². The number of carbonyl (C=O) groups excluding carboxylic acids is 1. The number of sulfonamides is 1. The number of carbonyl (C=O) groups is 1. The Bertz CT molecular complexity index is 519. The molecule has 1 fully saturated rings. The van der Waals surface area contributed by atoms with Crippen molar-refractivity contribution < 1.29 is 13.2 Å². The summed E-state index contributed by atoms with van der Waals surface area (Å²) < 4.78 is 27.1. The minimum Gasteiger partial charge on any atom is -0.303 e. The summed E-state index contributed by atoms with van der Waals surface area (Å²) in [5.74, 6) is 0.00757. The SMILES string of the molecule is O=CC1CCN(S(=O)(=O)c2ccc(I)cc2)CC1. The van der Waals surface area contributed by atoms with Crippen LogP contribution in [0.4, 0.5) is 0 Å². The monoisotopic (exact) mass is 379 g/mol. The molecule has 0 saturated carbocycles. The third kappa shape index (κ3) is 2.92. The van der Waals surface area contributed by atoms with Gasteiger partial charge in [-0.25, -0.2) is 8.42 Å². The summed E-state index contributed by atoms with van der Waals surface area (Å²) >= 11 is 2.14. The van der Waals surface area contributed by atoms with E-state index in [4.69, 9.17) is 0 Å². The van der Waals surface area contributed by atoms with Gasteiger partial charge >= 0.3 is 0 Å². The average Bonchev–Trinajstić information content (AvgIpc) is 2.39. The van der Waals surface area contributed by atoms with E-state index >= 15 is 0 Å². The highest BCUT2D eigenvalue weighted by atomic mass is 127. The van der Waals surface area contributed by atoms with Crippen molar-refractivity contribution >= 4 is 38.9 Å². The summed E-state index contributed by atoms with van der Waals surface area (Å²) in [7, 11) is -3.40. The van der Waals surface area contributed by atoms with Gasteiger partial charge in [-0.15, -0.1) is 0 Å². The number of piperidine rings is 1. The normalized spacial score (nSPS) is 18.7. The summed E-state index contributed by atoms with van der Waals surface area (Å²) in [5.41, 5.74) is 0. The molecule has 0 N–H and O–H groups in total. The predicted molar refractivity (Wildman–Crippen MR) is 76.7 cm³/mol. The number of nitrogens with zero attached hydrogens (tertiary/aromatic N) is 1. The number of rotatable bonds is 3. The van der Waals surface area contributed by atoms with Crippen LogP contribution in [-0.2, 0) is 14.8 Å². The number of halogens is 1. The molecule has 0 radical (unpaired) electrons. The molecule has 4 nitrogen and oxygen atoms in total. The number of hydrogen-bond donors (Lipinski definition) is 0. The zero-order chi connectivity index (χ0) is 13.2. The van der Waals surface area contributed by atoms with E-state index in [1.807, 2.05) is 0 Å². The molecule has 2 rings (SSSR count). The highest BCUT2D eigenvalue weighted by Gasteiger charge is 2.28. The molecule has 0 amide bonds. The van der Waals surface area contributed by atoms with Crippen molar-refractivity contribution in [1.82, 2.24) is 4.31 Å². The highest BCUT2D eigenvalue weighted by Crippen LogP contribution is 2.23. The fraction of sp³-hybridized carbons (Fsp3) is 0.417. The van der Waals surface area contributed by atoms with E-state index in [1.165, 1.54) is 4.31 Å². The fourth-order valence-electron chi connectivity index (χ4n) is 2.01. The van der Waals surface area contributed by atoms with Gasteiger partial charge in [0.25, 0.3) is 0 Å². The molecule has 0 aromatic heterocycles. The zero-order valence-electron chi connectivity index (χ0n) is 9.75. The fourth-order valence-corrected chi connectivity index (χ4v) is 3.84. The Kier molecular flexibility index (Phi) is 4.39. The van der Waals surface area contributed by atoms with E-state index in [9.17, 15) is 13.2 Å². The maximum Gasteiger partial charge on any atom is 0.243 e. The smallest absolute Gasteiger partial charge is 0.243 e. The van der Waals surface area contributed by atoms with Crippen LogP contribution >= 0.6 is 22.6 Å². The lowest BCUT2D eigenvalue weighted by atomic mass is 10.0. The second-order valence-corrected chi connectivity index (χ2v) is 7.52. The Labute approximate surface area is 121 Å². The molecule has 1 saturated heterocycles. The predicted octanol–water partition coefficient (Wildman–Crippen LogP) is 1.89. The second-order valence-electron chi connectivity index (χ2n) is 4.33. The van der Waals surface area contributed by atoms with Crippen LogP contribution in [-0.4, -0.2) is 32.1 Å². The maximum atomic E-state index is 12.3. The molecule has 1 aliphatic heterocycles. The van der Waals surface area contributed by atoms with E-state index in [0.717, 1.165) is 9.86 Å². The van der Waals surface area contributed by atoms with Gasteiger partial charge in [-0.2, -0.15) is 4.31 Å². The molecule has 0 bridgehead atoms. The van der Waals surface area contributed by atoms with Gasteiger partial charge in [0.1, 0.15) is 6.29 Å². The van der Waals surface area contributed by atoms with E-state index in [1.54, 1.807) is 24.3 Å². The highest BCUT2D eigenvalue weighted by molar-refractivity contribution is 14.1. The molecule has 1 aromatic carbocycles. The molecule has 18 heavy (non-hydrogen) atoms. The van der Waals surface area contributed by atoms with Crippen LogP contribution < -0.4 is 0 Å². The van der Waals surface area contributed by atoms with Crippen molar-refractivity contribution in [2.45, 2.75) is 17.7 Å². The average molecular weight is 379 g/mol. The Morgan fingerprint density at radius 2 is 1.72 bits per heavy atom. The third-order valence-corrected chi connectivity index (χ3v) is 5.77. The largest absolute Gasteiger partial charge is 0.303 e. The molecule has 1 aliphatic rings. The Morgan fingerprint density at radius 3 is 2.22 bits per heavy atom. The molecule has 0 spiro atoms. The first kappa shape index (κ1) is 14.0. The first-order valence-corrected chi connectivity index (χ1v) is 8.27. The van der Waals surface area contributed by atoms with Crippen LogP contribution in [0.1, 0.15) is 12.8 Å². The Morgan fingerprint density at radius 1 is 1.17 bits per heavy atom. The molecule has 98 valence electrons. The minimum absolute atomic E-state index is 0.00757. The van der Waals surface area contributed by atoms with Crippen LogP contribution in [0.5, 0.6) is 0 Å². The van der Waals surface area contributed by atoms with Crippen LogP contribution in [0.3, 0.4) is 0 Å². The van der Waals surface area contributed by atoms with Crippen LogP contribution in [0, 0.1) is 9.49 Å². The topological polar surface area (TPSA) is 54.5 Å². The van der Waals surface area contributed by atoms with Crippen molar-refractivity contribution in [3.8, 4) is 0 Å². The molecule has 6 heteroatoms. The summed E-state index contributed by atoms with van der Waals surface area (Å²) in [5, 5.41) is 0. The van der Waals surface area contributed by atoms with Gasteiger partial charge in [-0.1, -0.05) is 0 Å². The van der Waals surface area contributed by atoms with Crippen LogP contribution in [0.2, 0.25) is 0 Å². The quantitative estimate of drug-likeness (QED) is 0.596. The van der Waals surface area contributed by atoms with Gasteiger partial charge in [0.05, 0.1) is 4.90 Å². The molecule has 0 atom stereocenters. The van der Waals surface area contributed by atoms with E-state index in [0.29, 0.717) is 30.8 Å². The summed E-state index contributed by atoms with van der Waals surface area (Å²) in [6, 6.07) is 6.82. The molecular weight excluding hydrogens is 365 g/mol. The number of aldehydes is 1. The summed E-state index contributed by atoms with van der Waals surface area (Å²) in [6.07, 6.45) is 2.16. The molecule has 1 aromatic rings. The van der Waals surface area contributed by atoms with Gasteiger partial charge < -0.3 is 4.79 Å². The number of hydrogen-bond acceptors (Lipinski definition) is 3. The van der Waals surface area contributed by atoms with Crippen LogP contribution in [0.25, 0.3) is 0 Å². The lowest BCUT2D eigenvalue weighted by molar-refractivity contribution is -0.112. The van der Waals surface area contributed by atoms with Gasteiger partial charge in [0.15, 0.2) is 0 Å². The van der Waals surface area contributed by atoms with Crippen LogP contribution in [0.15, 0.2) is 29.2 Å². The van der Waals surface area contributed by atoms with Crippen molar-refractivity contribution in [1.29, 1.82) is 0 Å². The van der Waals surface area contributed by atoms with Crippen molar-refractivity contribution in [2.24, 2.45) is 5.92 Å². The van der Waals surface area contributed by atoms with E-state index in [-0.39, 0.29) is 5.92 Å². The molecule has 0 unspecified atom stereocenters. The first-order valence-electron chi connectivity index (χ1n) is 5.75. The van der Waals surface area contributed by atoms with E-state index < -0.39 is 10.0 Å².